The monoisotopic (exact) mass is 268 g/mol. The van der Waals surface area contributed by atoms with Gasteiger partial charge in [0, 0.05) is 23.4 Å². The van der Waals surface area contributed by atoms with Crippen molar-refractivity contribution in [1.82, 2.24) is 5.32 Å². The van der Waals surface area contributed by atoms with Crippen molar-refractivity contribution in [2.24, 2.45) is 0 Å². The van der Waals surface area contributed by atoms with Crippen LogP contribution in [0.4, 0.5) is 5.69 Å². The SMILES string of the molecule is CCNC(=O)c1ccc(C(=O)Nc2ccccc2)cc1. The summed E-state index contributed by atoms with van der Waals surface area (Å²) in [6, 6.07) is 15.8. The third-order valence-electron chi connectivity index (χ3n) is 2.78. The van der Waals surface area contributed by atoms with E-state index in [9.17, 15) is 9.59 Å². The summed E-state index contributed by atoms with van der Waals surface area (Å²) in [5, 5.41) is 5.50. The number of nitrogens with one attached hydrogen (secondary N) is 2. The number of anilines is 1. The maximum Gasteiger partial charge on any atom is 0.255 e. The number of carbonyl (C=O) groups excluding carboxylic acids is 2. The van der Waals surface area contributed by atoms with E-state index < -0.39 is 0 Å². The molecule has 2 amide bonds. The summed E-state index contributed by atoms with van der Waals surface area (Å²) in [6.45, 7) is 2.44. The van der Waals surface area contributed by atoms with Gasteiger partial charge in [0.05, 0.1) is 0 Å². The molecule has 0 fully saturated rings. The fourth-order valence-electron chi connectivity index (χ4n) is 1.76. The van der Waals surface area contributed by atoms with Gasteiger partial charge in [0.25, 0.3) is 11.8 Å². The Labute approximate surface area is 117 Å². The second-order valence-corrected chi connectivity index (χ2v) is 4.26. The molecule has 2 N–H and O–H groups in total. The second-order valence-electron chi connectivity index (χ2n) is 4.26. The molecule has 2 aromatic rings. The van der Waals surface area contributed by atoms with E-state index in [-0.39, 0.29) is 11.8 Å². The van der Waals surface area contributed by atoms with Crippen LogP contribution in [-0.2, 0) is 0 Å². The van der Waals surface area contributed by atoms with Crippen LogP contribution in [0.1, 0.15) is 27.6 Å². The first-order chi connectivity index (χ1) is 9.70. The van der Waals surface area contributed by atoms with Crippen molar-refractivity contribution in [2.45, 2.75) is 6.92 Å². The lowest BCUT2D eigenvalue weighted by Crippen LogP contribution is -2.22. The van der Waals surface area contributed by atoms with Crippen LogP contribution in [0.25, 0.3) is 0 Å². The Kier molecular flexibility index (Phi) is 4.50. The minimum atomic E-state index is -0.196. The minimum Gasteiger partial charge on any atom is -0.352 e. The molecule has 0 unspecified atom stereocenters. The molecule has 20 heavy (non-hydrogen) atoms. The van der Waals surface area contributed by atoms with Gasteiger partial charge in [-0.25, -0.2) is 0 Å². The van der Waals surface area contributed by atoms with Crippen LogP contribution >= 0.6 is 0 Å². The predicted molar refractivity (Wildman–Crippen MR) is 78.8 cm³/mol. The molecule has 0 aliphatic heterocycles. The van der Waals surface area contributed by atoms with Gasteiger partial charge in [0.2, 0.25) is 0 Å². The lowest BCUT2D eigenvalue weighted by atomic mass is 10.1. The van der Waals surface area contributed by atoms with Crippen LogP contribution in [0.15, 0.2) is 54.6 Å². The van der Waals surface area contributed by atoms with Crippen molar-refractivity contribution in [2.75, 3.05) is 11.9 Å². The molecular formula is C16H16N2O2. The normalized spacial score (nSPS) is 9.85. The van der Waals surface area contributed by atoms with Gasteiger partial charge in [-0.1, -0.05) is 18.2 Å². The average Bonchev–Trinajstić information content (AvgIpc) is 2.48. The van der Waals surface area contributed by atoms with Crippen molar-refractivity contribution in [3.63, 3.8) is 0 Å². The number of amides is 2. The Balaban J connectivity index is 2.06. The first kappa shape index (κ1) is 13.8. The highest BCUT2D eigenvalue weighted by atomic mass is 16.2. The Bertz CT molecular complexity index is 592. The molecule has 0 saturated heterocycles. The van der Waals surface area contributed by atoms with Gasteiger partial charge in [-0.15, -0.1) is 0 Å². The third-order valence-corrected chi connectivity index (χ3v) is 2.78. The summed E-state index contributed by atoms with van der Waals surface area (Å²) in [6.07, 6.45) is 0. The molecule has 4 nitrogen and oxygen atoms in total. The maximum atomic E-state index is 12.0. The van der Waals surface area contributed by atoms with Gasteiger partial charge in [0.15, 0.2) is 0 Å². The van der Waals surface area contributed by atoms with E-state index in [1.165, 1.54) is 0 Å². The smallest absolute Gasteiger partial charge is 0.255 e. The first-order valence-corrected chi connectivity index (χ1v) is 6.45. The lowest BCUT2D eigenvalue weighted by molar-refractivity contribution is 0.0954. The molecule has 0 heterocycles. The quantitative estimate of drug-likeness (QED) is 0.895. The van der Waals surface area contributed by atoms with Crippen molar-refractivity contribution < 1.29 is 9.59 Å². The fraction of sp³-hybridized carbons (Fsp3) is 0.125. The number of para-hydroxylation sites is 1. The van der Waals surface area contributed by atoms with E-state index in [1.54, 1.807) is 24.3 Å². The van der Waals surface area contributed by atoms with Gasteiger partial charge in [-0.2, -0.15) is 0 Å². The topological polar surface area (TPSA) is 58.2 Å². The zero-order valence-corrected chi connectivity index (χ0v) is 11.2. The number of carbonyl (C=O) groups is 2. The molecule has 0 bridgehead atoms. The Morgan fingerprint density at radius 2 is 1.40 bits per heavy atom. The Morgan fingerprint density at radius 3 is 1.95 bits per heavy atom. The van der Waals surface area contributed by atoms with Gasteiger partial charge in [-0.3, -0.25) is 9.59 Å². The van der Waals surface area contributed by atoms with Crippen molar-refractivity contribution in [3.8, 4) is 0 Å². The summed E-state index contributed by atoms with van der Waals surface area (Å²) in [5.74, 6) is -0.332. The van der Waals surface area contributed by atoms with E-state index in [1.807, 2.05) is 37.3 Å². The fourth-order valence-corrected chi connectivity index (χ4v) is 1.76. The lowest BCUT2D eigenvalue weighted by Gasteiger charge is -2.06. The van der Waals surface area contributed by atoms with Crippen molar-refractivity contribution in [3.05, 3.63) is 65.7 Å². The number of benzene rings is 2. The van der Waals surface area contributed by atoms with E-state index in [4.69, 9.17) is 0 Å². The molecule has 0 aliphatic rings. The molecule has 102 valence electrons. The first-order valence-electron chi connectivity index (χ1n) is 6.45. The summed E-state index contributed by atoms with van der Waals surface area (Å²) in [5.41, 5.74) is 1.80. The van der Waals surface area contributed by atoms with E-state index in [2.05, 4.69) is 10.6 Å². The molecule has 2 rings (SSSR count). The molecule has 0 aliphatic carbocycles. The van der Waals surface area contributed by atoms with E-state index in [0.29, 0.717) is 17.7 Å². The maximum absolute atomic E-state index is 12.0. The number of hydrogen-bond donors (Lipinski definition) is 2. The second kappa shape index (κ2) is 6.52. The summed E-state index contributed by atoms with van der Waals surface area (Å²) in [4.78, 5) is 23.6. The number of rotatable bonds is 4. The Morgan fingerprint density at radius 1 is 0.850 bits per heavy atom. The van der Waals surface area contributed by atoms with Crippen LogP contribution in [0.5, 0.6) is 0 Å². The highest BCUT2D eigenvalue weighted by Crippen LogP contribution is 2.10. The van der Waals surface area contributed by atoms with Gasteiger partial charge in [-0.05, 0) is 43.3 Å². The van der Waals surface area contributed by atoms with Crippen LogP contribution in [0.2, 0.25) is 0 Å². The molecular weight excluding hydrogens is 252 g/mol. The van der Waals surface area contributed by atoms with E-state index >= 15 is 0 Å². The largest absolute Gasteiger partial charge is 0.352 e. The zero-order chi connectivity index (χ0) is 14.4. The molecule has 0 radical (unpaired) electrons. The van der Waals surface area contributed by atoms with Gasteiger partial charge in [0.1, 0.15) is 0 Å². The number of hydrogen-bond acceptors (Lipinski definition) is 2. The molecule has 0 spiro atoms. The average molecular weight is 268 g/mol. The van der Waals surface area contributed by atoms with Crippen molar-refractivity contribution >= 4 is 17.5 Å². The van der Waals surface area contributed by atoms with E-state index in [0.717, 1.165) is 5.69 Å². The highest BCUT2D eigenvalue weighted by Gasteiger charge is 2.08. The van der Waals surface area contributed by atoms with Crippen LogP contribution in [0.3, 0.4) is 0 Å². The Hall–Kier alpha value is -2.62. The van der Waals surface area contributed by atoms with Crippen LogP contribution in [-0.4, -0.2) is 18.4 Å². The standard InChI is InChI=1S/C16H16N2O2/c1-2-17-15(19)12-8-10-13(11-9-12)16(20)18-14-6-4-3-5-7-14/h3-11H,2H2,1H3,(H,17,19)(H,18,20). The summed E-state index contributed by atoms with van der Waals surface area (Å²) >= 11 is 0. The molecule has 0 saturated carbocycles. The van der Waals surface area contributed by atoms with Crippen molar-refractivity contribution in [1.29, 1.82) is 0 Å². The third kappa shape index (κ3) is 3.45. The van der Waals surface area contributed by atoms with Crippen LogP contribution in [0, 0.1) is 0 Å². The van der Waals surface area contributed by atoms with Crippen LogP contribution < -0.4 is 10.6 Å². The molecule has 4 heteroatoms. The van der Waals surface area contributed by atoms with Gasteiger partial charge >= 0.3 is 0 Å². The van der Waals surface area contributed by atoms with Gasteiger partial charge < -0.3 is 10.6 Å². The summed E-state index contributed by atoms with van der Waals surface area (Å²) in [7, 11) is 0. The molecule has 0 aromatic heterocycles. The predicted octanol–water partition coefficient (Wildman–Crippen LogP) is 2.69. The minimum absolute atomic E-state index is 0.137. The highest BCUT2D eigenvalue weighted by molar-refractivity contribution is 6.05. The molecule has 0 atom stereocenters. The zero-order valence-electron chi connectivity index (χ0n) is 11.2. The summed E-state index contributed by atoms with van der Waals surface area (Å²) < 4.78 is 0. The molecule has 2 aromatic carbocycles.